The van der Waals surface area contributed by atoms with Gasteiger partial charge in [-0.2, -0.15) is 0 Å². The van der Waals surface area contributed by atoms with Gasteiger partial charge in [0.25, 0.3) is 0 Å². The van der Waals surface area contributed by atoms with E-state index in [-0.39, 0.29) is 5.75 Å². The van der Waals surface area contributed by atoms with E-state index in [1.165, 1.54) is 0 Å². The molecule has 0 spiro atoms. The molecular weight excluding hydrogens is 190 g/mol. The van der Waals surface area contributed by atoms with E-state index in [1.807, 2.05) is 29.9 Å². The van der Waals surface area contributed by atoms with Crippen LogP contribution in [0.1, 0.15) is 12.1 Å². The highest BCUT2D eigenvalue weighted by Crippen LogP contribution is 2.03. The maximum absolute atomic E-state index is 10.3. The highest BCUT2D eigenvalue weighted by atomic mass is 32.2. The minimum Gasteiger partial charge on any atom is -0.748 e. The maximum atomic E-state index is 10.3. The van der Waals surface area contributed by atoms with Crippen molar-refractivity contribution < 1.29 is 13.0 Å². The molecule has 4 nitrogen and oxygen atoms in total. The van der Waals surface area contributed by atoms with Crippen LogP contribution in [-0.4, -0.2) is 23.3 Å². The van der Waals surface area contributed by atoms with Gasteiger partial charge in [-0.3, -0.25) is 0 Å². The van der Waals surface area contributed by atoms with Crippen molar-refractivity contribution in [3.8, 4) is 0 Å². The summed E-state index contributed by atoms with van der Waals surface area (Å²) >= 11 is 0. The second-order valence-corrected chi connectivity index (χ2v) is 4.50. The lowest BCUT2D eigenvalue weighted by Crippen LogP contribution is -2.06. The molecule has 74 valence electrons. The van der Waals surface area contributed by atoms with Crippen LogP contribution in [0.3, 0.4) is 0 Å². The molecule has 5 heteroatoms. The van der Waals surface area contributed by atoms with E-state index in [1.54, 1.807) is 0 Å². The van der Waals surface area contributed by atoms with Crippen molar-refractivity contribution in [2.75, 3.05) is 5.75 Å². The Morgan fingerprint density at radius 3 is 2.69 bits per heavy atom. The Bertz CT molecular complexity index is 366. The molecule has 0 unspecified atom stereocenters. The van der Waals surface area contributed by atoms with Crippen LogP contribution in [0, 0.1) is 0 Å². The van der Waals surface area contributed by atoms with E-state index in [9.17, 15) is 13.0 Å². The molecule has 0 aliphatic heterocycles. The Hall–Kier alpha value is -0.810. The van der Waals surface area contributed by atoms with Gasteiger partial charge < -0.3 is 9.12 Å². The third-order valence-electron chi connectivity index (χ3n) is 1.88. The molecule has 1 aromatic heterocycles. The van der Waals surface area contributed by atoms with Gasteiger partial charge in [0.15, 0.2) is 0 Å². The van der Waals surface area contributed by atoms with Crippen LogP contribution in [0.5, 0.6) is 0 Å². The highest BCUT2D eigenvalue weighted by Gasteiger charge is 1.99. The number of hydrogen-bond donors (Lipinski definition) is 0. The number of rotatable bonds is 4. The monoisotopic (exact) mass is 202 g/mol. The summed E-state index contributed by atoms with van der Waals surface area (Å²) in [6, 6.07) is 3.80. The first-order valence-electron chi connectivity index (χ1n) is 4.03. The SMILES string of the molecule is Cn1cccc1CCCS(=O)(=O)[O-]. The average Bonchev–Trinajstić information content (AvgIpc) is 2.34. The van der Waals surface area contributed by atoms with Crippen LogP contribution in [0.25, 0.3) is 0 Å². The van der Waals surface area contributed by atoms with Crippen LogP contribution in [-0.2, 0) is 23.6 Å². The molecule has 13 heavy (non-hydrogen) atoms. The van der Waals surface area contributed by atoms with E-state index < -0.39 is 10.1 Å². The molecule has 1 heterocycles. The fourth-order valence-electron chi connectivity index (χ4n) is 1.19. The molecule has 0 aromatic carbocycles. The first kappa shape index (κ1) is 10.3. The van der Waals surface area contributed by atoms with Gasteiger partial charge in [-0.1, -0.05) is 0 Å². The molecule has 1 rings (SSSR count). The highest BCUT2D eigenvalue weighted by molar-refractivity contribution is 7.85. The summed E-state index contributed by atoms with van der Waals surface area (Å²) in [4.78, 5) is 0. The van der Waals surface area contributed by atoms with Gasteiger partial charge in [-0.05, 0) is 25.0 Å². The fraction of sp³-hybridized carbons (Fsp3) is 0.500. The van der Waals surface area contributed by atoms with Crippen molar-refractivity contribution in [2.24, 2.45) is 7.05 Å². The Kier molecular flexibility index (Phi) is 3.11. The first-order chi connectivity index (χ1) is 5.99. The van der Waals surface area contributed by atoms with Gasteiger partial charge in [0, 0.05) is 24.7 Å². The van der Waals surface area contributed by atoms with E-state index in [4.69, 9.17) is 0 Å². The molecular formula is C8H12NO3S-. The second-order valence-electron chi connectivity index (χ2n) is 2.98. The summed E-state index contributed by atoms with van der Waals surface area (Å²) in [7, 11) is -2.16. The van der Waals surface area contributed by atoms with Crippen LogP contribution in [0.15, 0.2) is 18.3 Å². The fourth-order valence-corrected chi connectivity index (χ4v) is 1.68. The van der Waals surface area contributed by atoms with Gasteiger partial charge in [-0.25, -0.2) is 8.42 Å². The number of aryl methyl sites for hydroxylation is 2. The van der Waals surface area contributed by atoms with Crippen LogP contribution in [0.2, 0.25) is 0 Å². The van der Waals surface area contributed by atoms with Crippen molar-refractivity contribution in [1.29, 1.82) is 0 Å². The Morgan fingerprint density at radius 1 is 1.54 bits per heavy atom. The molecule has 0 amide bonds. The van der Waals surface area contributed by atoms with Gasteiger partial charge >= 0.3 is 0 Å². The maximum Gasteiger partial charge on any atom is 0.0946 e. The largest absolute Gasteiger partial charge is 0.748 e. The molecule has 0 radical (unpaired) electrons. The summed E-state index contributed by atoms with van der Waals surface area (Å²) < 4.78 is 32.8. The van der Waals surface area contributed by atoms with Crippen molar-refractivity contribution in [1.82, 2.24) is 4.57 Å². The van der Waals surface area contributed by atoms with E-state index in [2.05, 4.69) is 0 Å². The normalized spacial score (nSPS) is 11.8. The lowest BCUT2D eigenvalue weighted by Gasteiger charge is -2.06. The van der Waals surface area contributed by atoms with Crippen molar-refractivity contribution >= 4 is 10.1 Å². The molecule has 0 saturated heterocycles. The molecule has 1 aromatic rings. The number of nitrogens with zero attached hydrogens (tertiary/aromatic N) is 1. The lowest BCUT2D eigenvalue weighted by atomic mass is 10.2. The zero-order chi connectivity index (χ0) is 9.90. The standard InChI is InChI=1S/C8H13NO3S/c1-9-6-2-4-8(9)5-3-7-13(10,11)12/h2,4,6H,3,5,7H2,1H3,(H,10,11,12)/p-1. The van der Waals surface area contributed by atoms with Gasteiger partial charge in [-0.15, -0.1) is 0 Å². The summed E-state index contributed by atoms with van der Waals surface area (Å²) in [5.41, 5.74) is 1.05. The topological polar surface area (TPSA) is 62.1 Å². The Morgan fingerprint density at radius 2 is 2.23 bits per heavy atom. The van der Waals surface area contributed by atoms with Crippen LogP contribution < -0.4 is 0 Å². The molecule has 0 N–H and O–H groups in total. The van der Waals surface area contributed by atoms with Crippen molar-refractivity contribution in [2.45, 2.75) is 12.8 Å². The summed E-state index contributed by atoms with van der Waals surface area (Å²) in [6.07, 6.45) is 2.91. The predicted molar refractivity (Wildman–Crippen MR) is 48.3 cm³/mol. The molecule has 0 atom stereocenters. The summed E-state index contributed by atoms with van der Waals surface area (Å²) in [5.74, 6) is -0.280. The van der Waals surface area contributed by atoms with E-state index >= 15 is 0 Å². The quantitative estimate of drug-likeness (QED) is 0.668. The Balaban J connectivity index is 2.41. The predicted octanol–water partition coefficient (Wildman–Crippen LogP) is 0.503. The van der Waals surface area contributed by atoms with E-state index in [0.29, 0.717) is 12.8 Å². The van der Waals surface area contributed by atoms with Crippen LogP contribution in [0.4, 0.5) is 0 Å². The molecule has 0 fully saturated rings. The third-order valence-corrected chi connectivity index (χ3v) is 2.67. The molecule has 0 saturated carbocycles. The molecule has 0 aliphatic carbocycles. The van der Waals surface area contributed by atoms with Crippen LogP contribution >= 0.6 is 0 Å². The minimum atomic E-state index is -4.05. The zero-order valence-corrected chi connectivity index (χ0v) is 8.25. The van der Waals surface area contributed by atoms with E-state index in [0.717, 1.165) is 5.69 Å². The Labute approximate surface area is 77.9 Å². The average molecular weight is 202 g/mol. The van der Waals surface area contributed by atoms with Gasteiger partial charge in [0.05, 0.1) is 10.1 Å². The minimum absolute atomic E-state index is 0.280. The number of hydrogen-bond acceptors (Lipinski definition) is 3. The second kappa shape index (κ2) is 3.93. The first-order valence-corrected chi connectivity index (χ1v) is 5.60. The smallest absolute Gasteiger partial charge is 0.0946 e. The summed E-state index contributed by atoms with van der Waals surface area (Å²) in [6.45, 7) is 0. The molecule has 0 bridgehead atoms. The zero-order valence-electron chi connectivity index (χ0n) is 7.43. The number of aromatic nitrogens is 1. The lowest BCUT2D eigenvalue weighted by molar-refractivity contribution is 0.461. The summed E-state index contributed by atoms with van der Waals surface area (Å²) in [5, 5.41) is 0. The third kappa shape index (κ3) is 3.61. The van der Waals surface area contributed by atoms with Gasteiger partial charge in [0.2, 0.25) is 0 Å². The van der Waals surface area contributed by atoms with Crippen molar-refractivity contribution in [3.63, 3.8) is 0 Å². The van der Waals surface area contributed by atoms with Crippen molar-refractivity contribution in [3.05, 3.63) is 24.0 Å². The van der Waals surface area contributed by atoms with Gasteiger partial charge in [0.1, 0.15) is 0 Å². The molecule has 0 aliphatic rings.